The maximum Gasteiger partial charge on any atom is 0.175 e. The third-order valence-corrected chi connectivity index (χ3v) is 4.51. The molecule has 0 spiro atoms. The highest BCUT2D eigenvalue weighted by Gasteiger charge is 2.13. The molecule has 2 aromatic rings. The minimum absolute atomic E-state index is 0.212. The van der Waals surface area contributed by atoms with Gasteiger partial charge in [-0.05, 0) is 52.7 Å². The monoisotopic (exact) mass is 445 g/mol. The Kier molecular flexibility index (Phi) is 8.65. The molecule has 4 nitrogen and oxygen atoms in total. The second-order valence-corrected chi connectivity index (χ2v) is 6.79. The van der Waals surface area contributed by atoms with Crippen LogP contribution in [-0.2, 0) is 17.9 Å². The Morgan fingerprint density at radius 1 is 1.19 bits per heavy atom. The van der Waals surface area contributed by atoms with Gasteiger partial charge < -0.3 is 19.5 Å². The van der Waals surface area contributed by atoms with Gasteiger partial charge in [0.2, 0.25) is 0 Å². The fraction of sp³-hybridized carbons (Fsp3) is 0.368. The summed E-state index contributed by atoms with van der Waals surface area (Å²) in [5, 5.41) is 3.63. The minimum atomic E-state index is -0.375. The summed E-state index contributed by atoms with van der Waals surface area (Å²) in [5.41, 5.74) is 1.76. The topological polar surface area (TPSA) is 39.7 Å². The Morgan fingerprint density at radius 3 is 2.69 bits per heavy atom. The molecule has 142 valence electrons. The third-order valence-electron chi connectivity index (χ3n) is 3.57. The van der Waals surface area contributed by atoms with Crippen molar-refractivity contribution in [2.24, 2.45) is 0 Å². The van der Waals surface area contributed by atoms with Crippen LogP contribution in [0.4, 0.5) is 4.39 Å². The van der Waals surface area contributed by atoms with Crippen molar-refractivity contribution >= 4 is 27.5 Å². The lowest BCUT2D eigenvalue weighted by molar-refractivity contribution is 0.199. The van der Waals surface area contributed by atoms with Crippen LogP contribution in [0.5, 0.6) is 11.5 Å². The first kappa shape index (κ1) is 21.0. The smallest absolute Gasteiger partial charge is 0.175 e. The number of hydrogen-bond acceptors (Lipinski definition) is 4. The van der Waals surface area contributed by atoms with Crippen LogP contribution in [0.1, 0.15) is 18.1 Å². The van der Waals surface area contributed by atoms with E-state index in [1.807, 2.05) is 19.1 Å². The first-order valence-electron chi connectivity index (χ1n) is 8.26. The van der Waals surface area contributed by atoms with Gasteiger partial charge in [0.1, 0.15) is 12.4 Å². The van der Waals surface area contributed by atoms with Crippen LogP contribution in [0, 0.1) is 5.82 Å². The quantitative estimate of drug-likeness (QED) is 0.524. The molecular weight excluding hydrogens is 425 g/mol. The van der Waals surface area contributed by atoms with Crippen molar-refractivity contribution in [2.45, 2.75) is 20.1 Å². The van der Waals surface area contributed by atoms with Gasteiger partial charge in [0.25, 0.3) is 0 Å². The fourth-order valence-electron chi connectivity index (χ4n) is 2.32. The van der Waals surface area contributed by atoms with Crippen LogP contribution in [0.25, 0.3) is 0 Å². The first-order valence-corrected chi connectivity index (χ1v) is 9.43. The number of rotatable bonds is 10. The van der Waals surface area contributed by atoms with Gasteiger partial charge in [-0.3, -0.25) is 0 Å². The standard InChI is InChI=1S/C19H22BrClFNO3/c1-3-25-18-9-13(11-23-6-7-24-2)8-16(20)19(18)26-12-14-4-5-15(22)10-17(14)21/h4-5,8-10,23H,3,6-7,11-12H2,1-2H3. The number of hydrogen-bond donors (Lipinski definition) is 1. The number of nitrogens with one attached hydrogen (secondary N) is 1. The van der Waals surface area contributed by atoms with Gasteiger partial charge in [-0.25, -0.2) is 4.39 Å². The van der Waals surface area contributed by atoms with E-state index < -0.39 is 0 Å². The van der Waals surface area contributed by atoms with Gasteiger partial charge in [0.15, 0.2) is 11.5 Å². The van der Waals surface area contributed by atoms with E-state index in [9.17, 15) is 4.39 Å². The molecule has 2 rings (SSSR count). The molecular formula is C19H22BrClFNO3. The molecule has 0 aliphatic heterocycles. The second-order valence-electron chi connectivity index (χ2n) is 5.53. The molecule has 0 fully saturated rings. The predicted octanol–water partition coefficient (Wildman–Crippen LogP) is 4.96. The van der Waals surface area contributed by atoms with Gasteiger partial charge in [-0.1, -0.05) is 17.7 Å². The molecule has 0 aliphatic carbocycles. The van der Waals surface area contributed by atoms with E-state index in [2.05, 4.69) is 21.2 Å². The summed E-state index contributed by atoms with van der Waals surface area (Å²) >= 11 is 9.61. The molecule has 2 aromatic carbocycles. The van der Waals surface area contributed by atoms with Crippen LogP contribution in [-0.4, -0.2) is 26.9 Å². The van der Waals surface area contributed by atoms with Crippen LogP contribution >= 0.6 is 27.5 Å². The summed E-state index contributed by atoms with van der Waals surface area (Å²) in [4.78, 5) is 0. The summed E-state index contributed by atoms with van der Waals surface area (Å²) in [6.45, 7) is 4.74. The molecule has 26 heavy (non-hydrogen) atoms. The summed E-state index contributed by atoms with van der Waals surface area (Å²) in [5.74, 6) is 0.858. The number of ether oxygens (including phenoxy) is 3. The molecule has 0 heterocycles. The summed E-state index contributed by atoms with van der Waals surface area (Å²) in [6.07, 6.45) is 0. The molecule has 0 atom stereocenters. The van der Waals surface area contributed by atoms with Crippen molar-refractivity contribution in [1.82, 2.24) is 5.32 Å². The Labute approximate surface area is 166 Å². The van der Waals surface area contributed by atoms with Crippen molar-refractivity contribution < 1.29 is 18.6 Å². The van der Waals surface area contributed by atoms with Crippen molar-refractivity contribution in [1.29, 1.82) is 0 Å². The van der Waals surface area contributed by atoms with Crippen LogP contribution in [0.3, 0.4) is 0 Å². The highest BCUT2D eigenvalue weighted by Crippen LogP contribution is 2.37. The van der Waals surface area contributed by atoms with E-state index in [0.717, 1.165) is 16.6 Å². The zero-order valence-electron chi connectivity index (χ0n) is 14.8. The molecule has 1 N–H and O–H groups in total. The normalized spacial score (nSPS) is 10.8. The molecule has 0 bridgehead atoms. The fourth-order valence-corrected chi connectivity index (χ4v) is 3.15. The number of benzene rings is 2. The van der Waals surface area contributed by atoms with Crippen LogP contribution in [0.2, 0.25) is 5.02 Å². The third kappa shape index (κ3) is 6.13. The highest BCUT2D eigenvalue weighted by atomic mass is 79.9. The Balaban J connectivity index is 2.13. The lowest BCUT2D eigenvalue weighted by Crippen LogP contribution is -2.18. The van der Waals surface area contributed by atoms with Crippen molar-refractivity contribution in [3.05, 3.63) is 56.8 Å². The van der Waals surface area contributed by atoms with Crippen molar-refractivity contribution in [3.63, 3.8) is 0 Å². The number of halogens is 3. The maximum atomic E-state index is 13.2. The zero-order chi connectivity index (χ0) is 18.9. The van der Waals surface area contributed by atoms with E-state index >= 15 is 0 Å². The predicted molar refractivity (Wildman–Crippen MR) is 105 cm³/mol. The Bertz CT molecular complexity index is 730. The molecule has 0 unspecified atom stereocenters. The van der Waals surface area contributed by atoms with Gasteiger partial charge in [-0.15, -0.1) is 0 Å². The van der Waals surface area contributed by atoms with Gasteiger partial charge >= 0.3 is 0 Å². The largest absolute Gasteiger partial charge is 0.490 e. The van der Waals surface area contributed by atoms with Gasteiger partial charge in [0, 0.05) is 25.8 Å². The van der Waals surface area contributed by atoms with E-state index in [1.165, 1.54) is 12.1 Å². The molecule has 0 amide bonds. The second kappa shape index (κ2) is 10.7. The van der Waals surface area contributed by atoms with E-state index in [4.69, 9.17) is 25.8 Å². The van der Waals surface area contributed by atoms with Crippen molar-refractivity contribution in [3.8, 4) is 11.5 Å². The Morgan fingerprint density at radius 2 is 2.00 bits per heavy atom. The average molecular weight is 447 g/mol. The summed E-state index contributed by atoms with van der Waals surface area (Å²) in [7, 11) is 1.67. The molecule has 0 saturated heterocycles. The summed E-state index contributed by atoms with van der Waals surface area (Å²) < 4.78 is 30.6. The average Bonchev–Trinajstić information content (AvgIpc) is 2.60. The van der Waals surface area contributed by atoms with Gasteiger partial charge in [0.05, 0.1) is 22.7 Å². The summed E-state index contributed by atoms with van der Waals surface area (Å²) in [6, 6.07) is 8.16. The number of methoxy groups -OCH3 is 1. The van der Waals surface area contributed by atoms with Gasteiger partial charge in [-0.2, -0.15) is 0 Å². The lowest BCUT2D eigenvalue weighted by Gasteiger charge is -2.16. The molecule has 0 radical (unpaired) electrons. The van der Waals surface area contributed by atoms with E-state index in [-0.39, 0.29) is 12.4 Å². The molecule has 7 heteroatoms. The molecule has 0 aliphatic rings. The van der Waals surface area contributed by atoms with Crippen molar-refractivity contribution in [2.75, 3.05) is 26.9 Å². The van der Waals surface area contributed by atoms with Crippen LogP contribution in [0.15, 0.2) is 34.8 Å². The maximum absolute atomic E-state index is 13.2. The minimum Gasteiger partial charge on any atom is -0.490 e. The molecule has 0 aromatic heterocycles. The SMILES string of the molecule is CCOc1cc(CNCCOC)cc(Br)c1OCc1ccc(F)cc1Cl. The lowest BCUT2D eigenvalue weighted by atomic mass is 10.2. The van der Waals surface area contributed by atoms with Crippen LogP contribution < -0.4 is 14.8 Å². The highest BCUT2D eigenvalue weighted by molar-refractivity contribution is 9.10. The van der Waals surface area contributed by atoms with E-state index in [0.29, 0.717) is 41.8 Å². The van der Waals surface area contributed by atoms with E-state index in [1.54, 1.807) is 13.2 Å². The Hall–Kier alpha value is -1.34. The zero-order valence-corrected chi connectivity index (χ0v) is 17.1. The first-order chi connectivity index (χ1) is 12.5. The molecule has 0 saturated carbocycles.